The molecule has 0 bridgehead atoms. The van der Waals surface area contributed by atoms with E-state index < -0.39 is 25.4 Å². The van der Waals surface area contributed by atoms with E-state index in [1.165, 1.54) is 18.2 Å². The van der Waals surface area contributed by atoms with E-state index in [0.29, 0.717) is 0 Å². The highest BCUT2D eigenvalue weighted by Gasteiger charge is 2.21. The molecule has 1 rings (SSSR count). The van der Waals surface area contributed by atoms with Crippen LogP contribution in [-0.4, -0.2) is 21.7 Å². The summed E-state index contributed by atoms with van der Waals surface area (Å²) in [5, 5.41) is 0. The molecule has 1 aromatic carbocycles. The summed E-state index contributed by atoms with van der Waals surface area (Å²) in [7, 11) is -4.42. The van der Waals surface area contributed by atoms with Crippen molar-refractivity contribution in [2.24, 2.45) is 0 Å². The molecule has 0 radical (unpaired) electrons. The number of halogens is 1. The molecule has 0 saturated carbocycles. The summed E-state index contributed by atoms with van der Waals surface area (Å²) in [6.07, 6.45) is -0.964. The van der Waals surface area contributed by atoms with Gasteiger partial charge in [-0.2, -0.15) is 0 Å². The predicted octanol–water partition coefficient (Wildman–Crippen LogP) is 1.19. The Morgan fingerprint density at radius 1 is 1.36 bits per heavy atom. The Bertz CT molecular complexity index is 398. The number of ketones is 1. The van der Waals surface area contributed by atoms with E-state index in [-0.39, 0.29) is 5.56 Å². The van der Waals surface area contributed by atoms with Gasteiger partial charge in [0.2, 0.25) is 0 Å². The van der Waals surface area contributed by atoms with Gasteiger partial charge in [0.15, 0.2) is 5.78 Å². The minimum Gasteiger partial charge on any atom is -0.324 e. The van der Waals surface area contributed by atoms with Gasteiger partial charge >= 0.3 is 7.60 Å². The molecule has 14 heavy (non-hydrogen) atoms. The summed E-state index contributed by atoms with van der Waals surface area (Å²) in [5.74, 6) is -1.66. The highest BCUT2D eigenvalue weighted by molar-refractivity contribution is 7.52. The maximum atomic E-state index is 12.9. The van der Waals surface area contributed by atoms with Gasteiger partial charge in [-0.3, -0.25) is 9.36 Å². The third kappa shape index (κ3) is 3.03. The Morgan fingerprint density at radius 2 is 1.93 bits per heavy atom. The smallest absolute Gasteiger partial charge is 0.324 e. The first-order valence-electron chi connectivity index (χ1n) is 3.72. The van der Waals surface area contributed by atoms with Crippen LogP contribution in [0.3, 0.4) is 0 Å². The van der Waals surface area contributed by atoms with E-state index in [1.807, 2.05) is 0 Å². The molecule has 0 atom stereocenters. The molecule has 0 unspecified atom stereocenters. The Kier molecular flexibility index (Phi) is 3.16. The quantitative estimate of drug-likeness (QED) is 0.590. The van der Waals surface area contributed by atoms with Gasteiger partial charge in [0, 0.05) is 0 Å². The van der Waals surface area contributed by atoms with Gasteiger partial charge in [0.05, 0.1) is 5.56 Å². The van der Waals surface area contributed by atoms with E-state index >= 15 is 0 Å². The van der Waals surface area contributed by atoms with Gasteiger partial charge in [-0.25, -0.2) is 4.39 Å². The summed E-state index contributed by atoms with van der Waals surface area (Å²) in [6.45, 7) is 0. The molecule has 0 aromatic heterocycles. The highest BCUT2D eigenvalue weighted by Crippen LogP contribution is 2.35. The average molecular weight is 218 g/mol. The van der Waals surface area contributed by atoms with E-state index in [4.69, 9.17) is 9.79 Å². The molecular formula is C8H8FO4P. The van der Waals surface area contributed by atoms with E-state index in [1.54, 1.807) is 0 Å². The van der Waals surface area contributed by atoms with Crippen molar-refractivity contribution in [3.8, 4) is 0 Å². The van der Waals surface area contributed by atoms with E-state index in [0.717, 1.165) is 6.07 Å². The number of rotatable bonds is 3. The summed E-state index contributed by atoms with van der Waals surface area (Å²) in [5.41, 5.74) is -0.296. The number of carbonyl (C=O) groups excluding carboxylic acids is 1. The van der Waals surface area contributed by atoms with Crippen LogP contribution in [0.1, 0.15) is 10.4 Å². The molecule has 0 saturated heterocycles. The second-order valence-electron chi connectivity index (χ2n) is 2.73. The lowest BCUT2D eigenvalue weighted by molar-refractivity contribution is 0.101. The van der Waals surface area contributed by atoms with Crippen molar-refractivity contribution in [3.05, 3.63) is 35.6 Å². The molecule has 0 fully saturated rings. The highest BCUT2D eigenvalue weighted by atomic mass is 31.2. The molecule has 1 aromatic rings. The van der Waals surface area contributed by atoms with Crippen LogP contribution in [0, 0.1) is 5.82 Å². The standard InChI is InChI=1S/C8H8FO4P/c9-7-4-2-1-3-6(7)8(10)5-14(11,12)13/h1-4H,5H2,(H2,11,12,13). The Hall–Kier alpha value is -1.03. The first-order chi connectivity index (χ1) is 6.40. The zero-order valence-corrected chi connectivity index (χ0v) is 7.95. The SMILES string of the molecule is O=C(CP(=O)(O)O)c1ccccc1F. The van der Waals surface area contributed by atoms with Crippen molar-refractivity contribution in [3.63, 3.8) is 0 Å². The third-order valence-corrected chi connectivity index (χ3v) is 2.22. The predicted molar refractivity (Wildman–Crippen MR) is 47.6 cm³/mol. The van der Waals surface area contributed by atoms with E-state index in [2.05, 4.69) is 0 Å². The lowest BCUT2D eigenvalue weighted by Crippen LogP contribution is -2.07. The zero-order valence-electron chi connectivity index (χ0n) is 7.05. The van der Waals surface area contributed by atoms with Crippen LogP contribution in [-0.2, 0) is 4.57 Å². The van der Waals surface area contributed by atoms with Gasteiger partial charge in [-0.05, 0) is 12.1 Å². The van der Waals surface area contributed by atoms with Crippen molar-refractivity contribution in [2.45, 2.75) is 0 Å². The van der Waals surface area contributed by atoms with Gasteiger partial charge in [0.1, 0.15) is 12.0 Å². The molecule has 2 N–H and O–H groups in total. The van der Waals surface area contributed by atoms with Crippen molar-refractivity contribution in [2.75, 3.05) is 6.16 Å². The summed E-state index contributed by atoms with van der Waals surface area (Å²) < 4.78 is 23.4. The minimum absolute atomic E-state index is 0.296. The fraction of sp³-hybridized carbons (Fsp3) is 0.125. The van der Waals surface area contributed by atoms with Gasteiger partial charge in [-0.15, -0.1) is 0 Å². The van der Waals surface area contributed by atoms with Gasteiger partial charge in [-0.1, -0.05) is 12.1 Å². The number of carbonyl (C=O) groups is 1. The fourth-order valence-corrected chi connectivity index (χ4v) is 1.50. The minimum atomic E-state index is -4.42. The molecule has 0 aliphatic rings. The van der Waals surface area contributed by atoms with Crippen LogP contribution in [0.4, 0.5) is 4.39 Å². The van der Waals surface area contributed by atoms with Crippen LogP contribution < -0.4 is 0 Å². The number of benzene rings is 1. The third-order valence-electron chi connectivity index (χ3n) is 1.52. The van der Waals surface area contributed by atoms with Crippen molar-refractivity contribution in [1.29, 1.82) is 0 Å². The van der Waals surface area contributed by atoms with Gasteiger partial charge in [0.25, 0.3) is 0 Å². The number of Topliss-reactive ketones (excluding diaryl/α,β-unsaturated/α-hetero) is 1. The molecule has 76 valence electrons. The maximum Gasteiger partial charge on any atom is 0.333 e. The second kappa shape index (κ2) is 4.00. The Morgan fingerprint density at radius 3 is 2.43 bits per heavy atom. The number of hydrogen-bond acceptors (Lipinski definition) is 2. The summed E-state index contributed by atoms with van der Waals surface area (Å²) in [6, 6.07) is 5.07. The molecular weight excluding hydrogens is 210 g/mol. The van der Waals surface area contributed by atoms with Gasteiger partial charge < -0.3 is 9.79 Å². The van der Waals surface area contributed by atoms with Crippen molar-refractivity contribution < 1.29 is 23.5 Å². The van der Waals surface area contributed by atoms with Crippen LogP contribution >= 0.6 is 7.60 Å². The lowest BCUT2D eigenvalue weighted by Gasteiger charge is -2.03. The largest absolute Gasteiger partial charge is 0.333 e. The second-order valence-corrected chi connectivity index (χ2v) is 4.37. The fourth-order valence-electron chi connectivity index (χ4n) is 0.960. The first kappa shape index (κ1) is 11.0. The summed E-state index contributed by atoms with van der Waals surface area (Å²) in [4.78, 5) is 28.2. The summed E-state index contributed by atoms with van der Waals surface area (Å²) >= 11 is 0. The molecule has 0 spiro atoms. The van der Waals surface area contributed by atoms with Crippen LogP contribution in [0.25, 0.3) is 0 Å². The normalized spacial score (nSPS) is 11.4. The van der Waals surface area contributed by atoms with Crippen molar-refractivity contribution in [1.82, 2.24) is 0 Å². The average Bonchev–Trinajstić information content (AvgIpc) is 2.01. The van der Waals surface area contributed by atoms with Crippen LogP contribution in [0.2, 0.25) is 0 Å². The first-order valence-corrected chi connectivity index (χ1v) is 5.52. The molecule has 0 amide bonds. The molecule has 6 heteroatoms. The van der Waals surface area contributed by atoms with Crippen LogP contribution in [0.5, 0.6) is 0 Å². The number of hydrogen-bond donors (Lipinski definition) is 2. The topological polar surface area (TPSA) is 74.6 Å². The monoisotopic (exact) mass is 218 g/mol. The Balaban J connectivity index is 2.91. The van der Waals surface area contributed by atoms with E-state index in [9.17, 15) is 13.8 Å². The maximum absolute atomic E-state index is 12.9. The molecule has 0 aliphatic carbocycles. The molecule has 0 heterocycles. The Labute approximate surface area is 79.5 Å². The van der Waals surface area contributed by atoms with Crippen LogP contribution in [0.15, 0.2) is 24.3 Å². The van der Waals surface area contributed by atoms with Crippen molar-refractivity contribution >= 4 is 13.4 Å². The molecule has 4 nitrogen and oxygen atoms in total. The molecule has 0 aliphatic heterocycles. The lowest BCUT2D eigenvalue weighted by atomic mass is 10.1. The zero-order chi connectivity index (χ0) is 10.8.